The molecule has 4 rings (SSSR count). The van der Waals surface area contributed by atoms with Crippen molar-refractivity contribution in [3.8, 4) is 0 Å². The van der Waals surface area contributed by atoms with Crippen LogP contribution in [0.25, 0.3) is 0 Å². The number of hydrogen-bond donors (Lipinski definition) is 0. The summed E-state index contributed by atoms with van der Waals surface area (Å²) in [6, 6.07) is 2.76. The molecule has 0 unspecified atom stereocenters. The van der Waals surface area contributed by atoms with Crippen molar-refractivity contribution in [2.24, 2.45) is 7.05 Å². The second-order valence-corrected chi connectivity index (χ2v) is 6.81. The van der Waals surface area contributed by atoms with Crippen molar-refractivity contribution < 1.29 is 4.52 Å². The Morgan fingerprint density at radius 1 is 1.29 bits per heavy atom. The average molecular weight is 352 g/mol. The summed E-state index contributed by atoms with van der Waals surface area (Å²) in [4.78, 5) is 4.02. The highest BCUT2D eigenvalue weighted by molar-refractivity contribution is 9.10. The van der Waals surface area contributed by atoms with Gasteiger partial charge in [0.05, 0.1) is 5.69 Å². The van der Waals surface area contributed by atoms with E-state index in [1.807, 2.05) is 7.05 Å². The van der Waals surface area contributed by atoms with Crippen LogP contribution >= 0.6 is 15.9 Å². The minimum Gasteiger partial charge on any atom is -0.361 e. The standard InChI is InChI=1S/C14H18BrN5O/c1-19-16-12(14(15)17-19)8-20(11-4-5-11)7-10-6-13(21-18-10)9-2-3-9/h6,9,11H,2-5,7-8H2,1H3. The molecule has 0 amide bonds. The summed E-state index contributed by atoms with van der Waals surface area (Å²) in [5.41, 5.74) is 2.01. The van der Waals surface area contributed by atoms with Crippen LogP contribution in [0.5, 0.6) is 0 Å². The minimum absolute atomic E-state index is 0.620. The number of halogens is 1. The van der Waals surface area contributed by atoms with Gasteiger partial charge in [-0.05, 0) is 41.6 Å². The van der Waals surface area contributed by atoms with Crippen LogP contribution in [0.4, 0.5) is 0 Å². The second kappa shape index (κ2) is 5.21. The molecule has 0 aromatic carbocycles. The van der Waals surface area contributed by atoms with Gasteiger partial charge in [-0.3, -0.25) is 4.90 Å². The third-order valence-electron chi connectivity index (χ3n) is 4.07. The van der Waals surface area contributed by atoms with Crippen LogP contribution in [0.2, 0.25) is 0 Å². The molecule has 0 spiro atoms. The van der Waals surface area contributed by atoms with Gasteiger partial charge in [0, 0.05) is 38.2 Å². The van der Waals surface area contributed by atoms with E-state index in [0.717, 1.165) is 34.8 Å². The van der Waals surface area contributed by atoms with Gasteiger partial charge in [0.2, 0.25) is 0 Å². The van der Waals surface area contributed by atoms with E-state index in [0.29, 0.717) is 12.0 Å². The summed E-state index contributed by atoms with van der Waals surface area (Å²) in [6.45, 7) is 1.62. The van der Waals surface area contributed by atoms with Gasteiger partial charge in [0.25, 0.3) is 0 Å². The lowest BCUT2D eigenvalue weighted by atomic mass is 10.2. The third-order valence-corrected chi connectivity index (χ3v) is 4.69. The molecule has 2 aromatic heterocycles. The highest BCUT2D eigenvalue weighted by Crippen LogP contribution is 2.40. The van der Waals surface area contributed by atoms with Gasteiger partial charge in [-0.1, -0.05) is 5.16 Å². The Kier molecular flexibility index (Phi) is 3.34. The Balaban J connectivity index is 1.47. The van der Waals surface area contributed by atoms with Gasteiger partial charge >= 0.3 is 0 Å². The largest absolute Gasteiger partial charge is 0.361 e. The van der Waals surface area contributed by atoms with Crippen LogP contribution in [-0.2, 0) is 20.1 Å². The van der Waals surface area contributed by atoms with Crippen LogP contribution in [0.15, 0.2) is 15.2 Å². The number of rotatable bonds is 6. The van der Waals surface area contributed by atoms with Crippen molar-refractivity contribution in [2.45, 2.75) is 50.7 Å². The van der Waals surface area contributed by atoms with Crippen LogP contribution in [0, 0.1) is 0 Å². The average Bonchev–Trinajstić information content (AvgIpc) is 3.36. The van der Waals surface area contributed by atoms with E-state index in [1.165, 1.54) is 25.7 Å². The number of aromatic nitrogens is 4. The fourth-order valence-corrected chi connectivity index (χ4v) is 3.07. The van der Waals surface area contributed by atoms with Gasteiger partial charge in [-0.15, -0.1) is 5.10 Å². The lowest BCUT2D eigenvalue weighted by Gasteiger charge is -2.19. The van der Waals surface area contributed by atoms with E-state index < -0.39 is 0 Å². The summed E-state index contributed by atoms with van der Waals surface area (Å²) in [7, 11) is 1.84. The molecule has 2 fully saturated rings. The smallest absolute Gasteiger partial charge is 0.152 e. The lowest BCUT2D eigenvalue weighted by Crippen LogP contribution is -2.25. The SMILES string of the molecule is Cn1nc(Br)c(CN(Cc2cc(C3CC3)on2)C2CC2)n1. The molecule has 6 nitrogen and oxygen atoms in total. The zero-order valence-corrected chi connectivity index (χ0v) is 13.6. The number of hydrogen-bond acceptors (Lipinski definition) is 5. The molecule has 0 atom stereocenters. The lowest BCUT2D eigenvalue weighted by molar-refractivity contribution is 0.233. The summed E-state index contributed by atoms with van der Waals surface area (Å²) in [6.07, 6.45) is 5.00. The maximum atomic E-state index is 5.45. The van der Waals surface area contributed by atoms with Crippen molar-refractivity contribution in [1.82, 2.24) is 25.1 Å². The van der Waals surface area contributed by atoms with Gasteiger partial charge in [0.1, 0.15) is 11.5 Å². The van der Waals surface area contributed by atoms with Crippen molar-refractivity contribution in [3.05, 3.63) is 27.8 Å². The molecule has 112 valence electrons. The first kappa shape index (κ1) is 13.5. The van der Waals surface area contributed by atoms with Crippen molar-refractivity contribution in [2.75, 3.05) is 0 Å². The fraction of sp³-hybridized carbons (Fsp3) is 0.643. The molecule has 2 aliphatic rings. The molecule has 2 saturated carbocycles. The molecule has 21 heavy (non-hydrogen) atoms. The predicted molar refractivity (Wildman–Crippen MR) is 79.5 cm³/mol. The zero-order valence-electron chi connectivity index (χ0n) is 12.0. The number of aryl methyl sites for hydroxylation is 1. The Hall–Kier alpha value is -1.21. The molecule has 2 aliphatic carbocycles. The maximum Gasteiger partial charge on any atom is 0.152 e. The third kappa shape index (κ3) is 3.03. The van der Waals surface area contributed by atoms with Gasteiger partial charge in [-0.2, -0.15) is 9.90 Å². The van der Waals surface area contributed by atoms with Gasteiger partial charge in [-0.25, -0.2) is 0 Å². The first-order valence-electron chi connectivity index (χ1n) is 7.44. The summed E-state index contributed by atoms with van der Waals surface area (Å²) in [5, 5.41) is 12.9. The quantitative estimate of drug-likeness (QED) is 0.800. The molecule has 0 bridgehead atoms. The molecule has 0 saturated heterocycles. The van der Waals surface area contributed by atoms with Crippen molar-refractivity contribution >= 4 is 15.9 Å². The highest BCUT2D eigenvalue weighted by Gasteiger charge is 2.32. The van der Waals surface area contributed by atoms with Gasteiger partial charge in [0.15, 0.2) is 4.60 Å². The van der Waals surface area contributed by atoms with E-state index in [2.05, 4.69) is 42.3 Å². The van der Waals surface area contributed by atoms with E-state index in [-0.39, 0.29) is 0 Å². The van der Waals surface area contributed by atoms with E-state index in [9.17, 15) is 0 Å². The molecule has 0 N–H and O–H groups in total. The minimum atomic E-state index is 0.620. The highest BCUT2D eigenvalue weighted by atomic mass is 79.9. The Bertz CT molecular complexity index is 644. The molecule has 0 aliphatic heterocycles. The van der Waals surface area contributed by atoms with Crippen LogP contribution < -0.4 is 0 Å². The summed E-state index contributed by atoms with van der Waals surface area (Å²) in [5.74, 6) is 1.68. The number of nitrogens with zero attached hydrogens (tertiary/aromatic N) is 5. The van der Waals surface area contributed by atoms with Crippen molar-refractivity contribution in [3.63, 3.8) is 0 Å². The molecule has 2 heterocycles. The predicted octanol–water partition coefficient (Wildman–Crippen LogP) is 2.61. The Morgan fingerprint density at radius 2 is 2.10 bits per heavy atom. The fourth-order valence-electron chi connectivity index (χ4n) is 2.64. The first-order valence-corrected chi connectivity index (χ1v) is 8.23. The Morgan fingerprint density at radius 3 is 2.71 bits per heavy atom. The molecule has 2 aromatic rings. The Labute approximate surface area is 131 Å². The monoisotopic (exact) mass is 351 g/mol. The van der Waals surface area contributed by atoms with Crippen molar-refractivity contribution in [1.29, 1.82) is 0 Å². The molecular formula is C14H18BrN5O. The van der Waals surface area contributed by atoms with E-state index >= 15 is 0 Å². The summed E-state index contributed by atoms with van der Waals surface area (Å²) < 4.78 is 6.28. The van der Waals surface area contributed by atoms with E-state index in [4.69, 9.17) is 4.52 Å². The van der Waals surface area contributed by atoms with Gasteiger partial charge < -0.3 is 4.52 Å². The maximum absolute atomic E-state index is 5.45. The summed E-state index contributed by atoms with van der Waals surface area (Å²) >= 11 is 3.48. The van der Waals surface area contributed by atoms with E-state index in [1.54, 1.807) is 4.80 Å². The van der Waals surface area contributed by atoms with Crippen LogP contribution in [0.3, 0.4) is 0 Å². The molecular weight excluding hydrogens is 334 g/mol. The zero-order chi connectivity index (χ0) is 14.4. The second-order valence-electron chi connectivity index (χ2n) is 6.06. The van der Waals surface area contributed by atoms with Crippen LogP contribution in [0.1, 0.15) is 48.7 Å². The first-order chi connectivity index (χ1) is 10.2. The molecule has 0 radical (unpaired) electrons. The normalized spacial score (nSPS) is 18.6. The van der Waals surface area contributed by atoms with Crippen LogP contribution in [-0.4, -0.2) is 31.1 Å². The topological polar surface area (TPSA) is 60.0 Å². The molecule has 7 heteroatoms.